The topological polar surface area (TPSA) is 16.4 Å². The van der Waals surface area contributed by atoms with Gasteiger partial charge in [0, 0.05) is 37.4 Å². The van der Waals surface area contributed by atoms with Gasteiger partial charge in [-0.2, -0.15) is 0 Å². The van der Waals surface area contributed by atoms with Crippen molar-refractivity contribution in [3.63, 3.8) is 0 Å². The summed E-state index contributed by atoms with van der Waals surface area (Å²) in [6.07, 6.45) is 9.45. The third kappa shape index (κ3) is 4.97. The highest BCUT2D eigenvalue weighted by molar-refractivity contribution is 7.99. The van der Waals surface area contributed by atoms with Gasteiger partial charge in [0.1, 0.15) is 5.58 Å². The molecule has 4 bridgehead atoms. The minimum absolute atomic E-state index is 0.0988. The van der Waals surface area contributed by atoms with Gasteiger partial charge in [-0.15, -0.1) is 0 Å². The number of para-hydroxylation sites is 2. The van der Waals surface area contributed by atoms with E-state index in [4.69, 9.17) is 4.42 Å². The van der Waals surface area contributed by atoms with Crippen molar-refractivity contribution < 1.29 is 4.42 Å². The van der Waals surface area contributed by atoms with Crippen LogP contribution in [0.25, 0.3) is 33.1 Å². The standard InChI is InChI=1S/C54H51NOS/c1-52(2)24-25-53(3,4)45-32-40(21-22-43(45)52)55(47-13-9-11-42-41-10-5-7-14-48(41)56-51(42)47)39-19-16-35(17-20-39)36-18-23-50-46(31-36)54(44-12-6-8-15-49(44)57-50)37-27-33-26-34(29-37)30-38(54)28-33/h5-23,31-34,37-38H,24-30H2,1-4H3. The van der Waals surface area contributed by atoms with Gasteiger partial charge in [-0.05, 0) is 167 Å². The van der Waals surface area contributed by atoms with Crippen LogP contribution >= 0.6 is 11.8 Å². The zero-order valence-electron chi connectivity index (χ0n) is 33.6. The van der Waals surface area contributed by atoms with Gasteiger partial charge in [0.25, 0.3) is 0 Å². The Labute approximate surface area is 341 Å². The number of nitrogens with zero attached hydrogens (tertiary/aromatic N) is 1. The number of anilines is 3. The van der Waals surface area contributed by atoms with Crippen LogP contribution in [0.15, 0.2) is 142 Å². The predicted octanol–water partition coefficient (Wildman–Crippen LogP) is 15.3. The molecule has 13 rings (SSSR count). The Morgan fingerprint density at radius 3 is 1.96 bits per heavy atom. The van der Waals surface area contributed by atoms with Crippen LogP contribution in [0.4, 0.5) is 17.1 Å². The maximum atomic E-state index is 6.72. The van der Waals surface area contributed by atoms with Crippen molar-refractivity contribution in [2.75, 3.05) is 4.90 Å². The van der Waals surface area contributed by atoms with E-state index in [1.807, 2.05) is 11.8 Å². The molecule has 2 heterocycles. The first kappa shape index (κ1) is 34.3. The number of benzene rings is 6. The number of fused-ring (bicyclic) bond motifs is 6. The highest BCUT2D eigenvalue weighted by atomic mass is 32.2. The Bertz CT molecular complexity index is 2720. The average molecular weight is 762 g/mol. The first-order chi connectivity index (χ1) is 27.7. The van der Waals surface area contributed by atoms with E-state index in [-0.39, 0.29) is 16.2 Å². The summed E-state index contributed by atoms with van der Waals surface area (Å²) in [7, 11) is 0. The Morgan fingerprint density at radius 1 is 0.526 bits per heavy atom. The van der Waals surface area contributed by atoms with Gasteiger partial charge in [-0.25, -0.2) is 0 Å². The van der Waals surface area contributed by atoms with Crippen LogP contribution in [0, 0.1) is 23.7 Å². The van der Waals surface area contributed by atoms with Gasteiger partial charge < -0.3 is 9.32 Å². The Hall–Kier alpha value is -4.73. The molecule has 57 heavy (non-hydrogen) atoms. The molecule has 4 fully saturated rings. The zero-order chi connectivity index (χ0) is 38.3. The van der Waals surface area contributed by atoms with Gasteiger partial charge >= 0.3 is 0 Å². The zero-order valence-corrected chi connectivity index (χ0v) is 34.5. The monoisotopic (exact) mass is 761 g/mol. The number of hydrogen-bond donors (Lipinski definition) is 0. The highest BCUT2D eigenvalue weighted by Crippen LogP contribution is 2.69. The lowest BCUT2D eigenvalue weighted by molar-refractivity contribution is -0.0443. The van der Waals surface area contributed by atoms with Crippen LogP contribution < -0.4 is 4.90 Å². The van der Waals surface area contributed by atoms with Crippen LogP contribution in [-0.2, 0) is 16.2 Å². The summed E-state index contributed by atoms with van der Waals surface area (Å²) in [5.74, 6) is 3.35. The minimum atomic E-state index is 0.0988. The lowest BCUT2D eigenvalue weighted by Crippen LogP contribution is -2.57. The van der Waals surface area contributed by atoms with Gasteiger partial charge in [0.15, 0.2) is 5.58 Å². The Balaban J connectivity index is 0.995. The average Bonchev–Trinajstić information content (AvgIpc) is 3.61. The third-order valence-electron chi connectivity index (χ3n) is 15.6. The quantitative estimate of drug-likeness (QED) is 0.178. The van der Waals surface area contributed by atoms with E-state index in [0.29, 0.717) is 0 Å². The highest BCUT2D eigenvalue weighted by Gasteiger charge is 2.60. The van der Waals surface area contributed by atoms with Crippen molar-refractivity contribution in [3.05, 3.63) is 150 Å². The summed E-state index contributed by atoms with van der Waals surface area (Å²) >= 11 is 2.00. The number of furan rings is 1. The summed E-state index contributed by atoms with van der Waals surface area (Å²) in [4.78, 5) is 5.41. The van der Waals surface area contributed by atoms with Crippen LogP contribution in [0.3, 0.4) is 0 Å². The number of rotatable bonds is 4. The lowest BCUT2D eigenvalue weighted by atomic mass is 9.42. The first-order valence-electron chi connectivity index (χ1n) is 21.6. The van der Waals surface area contributed by atoms with E-state index in [9.17, 15) is 0 Å². The SMILES string of the molecule is CC1(C)CCC(C)(C)c2cc(N(c3ccc(-c4ccc5c(c4)C4(c6ccccc6S5)C5CC6CC(C5)CC4C6)cc3)c3cccc4c3oc3ccccc34)ccc21. The molecule has 7 aromatic rings. The summed E-state index contributed by atoms with van der Waals surface area (Å²) in [5.41, 5.74) is 14.4. The predicted molar refractivity (Wildman–Crippen MR) is 238 cm³/mol. The van der Waals surface area contributed by atoms with Crippen molar-refractivity contribution >= 4 is 50.8 Å². The molecule has 1 spiro atoms. The number of hydrogen-bond acceptors (Lipinski definition) is 3. The van der Waals surface area contributed by atoms with E-state index in [1.165, 1.54) is 82.7 Å². The first-order valence-corrected chi connectivity index (χ1v) is 22.4. The van der Waals surface area contributed by atoms with Gasteiger partial charge in [-0.3, -0.25) is 0 Å². The van der Waals surface area contributed by atoms with Crippen molar-refractivity contribution in [3.8, 4) is 11.1 Å². The molecule has 0 amide bonds. The molecule has 0 N–H and O–H groups in total. The molecule has 2 nitrogen and oxygen atoms in total. The second-order valence-corrected chi connectivity index (χ2v) is 20.7. The van der Waals surface area contributed by atoms with Gasteiger partial charge in [0.2, 0.25) is 0 Å². The molecule has 0 radical (unpaired) electrons. The molecule has 6 aliphatic rings. The third-order valence-corrected chi connectivity index (χ3v) is 16.7. The lowest BCUT2D eigenvalue weighted by Gasteiger charge is -2.63. The summed E-state index contributed by atoms with van der Waals surface area (Å²) in [6, 6.07) is 48.6. The fraction of sp³-hybridized carbons (Fsp3) is 0.333. The molecule has 0 unspecified atom stereocenters. The van der Waals surface area contributed by atoms with Crippen molar-refractivity contribution in [2.24, 2.45) is 23.7 Å². The normalized spacial score (nSPS) is 26.0. The van der Waals surface area contributed by atoms with E-state index in [2.05, 4.69) is 160 Å². The second kappa shape index (κ2) is 12.1. The van der Waals surface area contributed by atoms with Crippen molar-refractivity contribution in [1.29, 1.82) is 0 Å². The maximum absolute atomic E-state index is 6.72. The van der Waals surface area contributed by atoms with E-state index < -0.39 is 0 Å². The van der Waals surface area contributed by atoms with E-state index >= 15 is 0 Å². The minimum Gasteiger partial charge on any atom is -0.454 e. The maximum Gasteiger partial charge on any atom is 0.159 e. The fourth-order valence-corrected chi connectivity index (χ4v) is 14.1. The molecular formula is C54H51NOS. The molecule has 1 aliphatic heterocycles. The van der Waals surface area contributed by atoms with Crippen molar-refractivity contribution in [2.45, 2.75) is 98.7 Å². The second-order valence-electron chi connectivity index (χ2n) is 19.6. The molecule has 5 aliphatic carbocycles. The van der Waals surface area contributed by atoms with E-state index in [0.717, 1.165) is 57.0 Å². The van der Waals surface area contributed by atoms with Gasteiger partial charge in [-0.1, -0.05) is 112 Å². The largest absolute Gasteiger partial charge is 0.454 e. The van der Waals surface area contributed by atoms with Gasteiger partial charge in [0.05, 0.1) is 5.69 Å². The molecule has 0 saturated heterocycles. The van der Waals surface area contributed by atoms with Crippen LogP contribution in [0.2, 0.25) is 0 Å². The molecular weight excluding hydrogens is 711 g/mol. The summed E-state index contributed by atoms with van der Waals surface area (Å²) < 4.78 is 6.72. The van der Waals surface area contributed by atoms with Crippen LogP contribution in [-0.4, -0.2) is 0 Å². The Morgan fingerprint density at radius 2 is 1.18 bits per heavy atom. The summed E-state index contributed by atoms with van der Waals surface area (Å²) in [6.45, 7) is 9.67. The molecule has 284 valence electrons. The fourth-order valence-electron chi connectivity index (χ4n) is 12.9. The molecule has 3 heteroatoms. The van der Waals surface area contributed by atoms with E-state index in [1.54, 1.807) is 11.1 Å². The molecule has 4 saturated carbocycles. The summed E-state index contributed by atoms with van der Waals surface area (Å²) in [5, 5.41) is 2.31. The molecule has 6 aromatic carbocycles. The Kier molecular flexibility index (Phi) is 7.32. The molecule has 1 aromatic heterocycles. The smallest absolute Gasteiger partial charge is 0.159 e. The van der Waals surface area contributed by atoms with Crippen LogP contribution in [0.5, 0.6) is 0 Å². The van der Waals surface area contributed by atoms with Crippen molar-refractivity contribution in [1.82, 2.24) is 0 Å². The van der Waals surface area contributed by atoms with Crippen LogP contribution in [0.1, 0.15) is 94.9 Å². The molecule has 0 atom stereocenters.